The van der Waals surface area contributed by atoms with E-state index in [1.54, 1.807) is 13.8 Å². The third-order valence-electron chi connectivity index (χ3n) is 4.63. The zero-order chi connectivity index (χ0) is 18.5. The van der Waals surface area contributed by atoms with Crippen molar-refractivity contribution < 1.29 is 19.1 Å². The summed E-state index contributed by atoms with van der Waals surface area (Å²) in [6.45, 7) is 4.17. The summed E-state index contributed by atoms with van der Waals surface area (Å²) in [6, 6.07) is 9.10. The molecule has 0 saturated carbocycles. The van der Waals surface area contributed by atoms with Crippen LogP contribution >= 0.6 is 0 Å². The molecule has 0 unspecified atom stereocenters. The highest BCUT2D eigenvalue weighted by molar-refractivity contribution is 5.81. The Morgan fingerprint density at radius 1 is 1.04 bits per heavy atom. The van der Waals surface area contributed by atoms with Gasteiger partial charge in [-0.25, -0.2) is 0 Å². The molecule has 138 valence electrons. The van der Waals surface area contributed by atoms with Crippen LogP contribution in [0, 0.1) is 5.92 Å². The Morgan fingerprint density at radius 3 is 2.42 bits per heavy atom. The molecular weight excluding hydrogens is 332 g/mol. The van der Waals surface area contributed by atoms with Crippen molar-refractivity contribution in [3.63, 3.8) is 0 Å². The highest BCUT2D eigenvalue weighted by Gasteiger charge is 2.44. The van der Waals surface area contributed by atoms with E-state index in [4.69, 9.17) is 9.47 Å². The molecule has 26 heavy (non-hydrogen) atoms. The van der Waals surface area contributed by atoms with Crippen molar-refractivity contribution in [3.05, 3.63) is 48.3 Å². The Labute approximate surface area is 152 Å². The predicted octanol–water partition coefficient (Wildman–Crippen LogP) is 2.83. The van der Waals surface area contributed by atoms with Crippen molar-refractivity contribution in [2.75, 3.05) is 13.2 Å². The quantitative estimate of drug-likeness (QED) is 0.778. The molecule has 1 aliphatic heterocycles. The van der Waals surface area contributed by atoms with Gasteiger partial charge in [0.2, 0.25) is 0 Å². The normalized spacial score (nSPS) is 22.2. The van der Waals surface area contributed by atoms with Gasteiger partial charge in [-0.3, -0.25) is 14.9 Å². The molecule has 1 aliphatic rings. The maximum absolute atomic E-state index is 12.5. The van der Waals surface area contributed by atoms with Crippen LogP contribution in [0.4, 0.5) is 0 Å². The summed E-state index contributed by atoms with van der Waals surface area (Å²) in [6.07, 6.45) is 4.15. The zero-order valence-corrected chi connectivity index (χ0v) is 15.0. The van der Waals surface area contributed by atoms with Gasteiger partial charge < -0.3 is 14.5 Å². The summed E-state index contributed by atoms with van der Waals surface area (Å²) < 4.78 is 10.4. The predicted molar refractivity (Wildman–Crippen MR) is 97.3 cm³/mol. The lowest BCUT2D eigenvalue weighted by Gasteiger charge is -2.19. The molecular formula is C20H24N2O4. The van der Waals surface area contributed by atoms with Crippen molar-refractivity contribution in [1.29, 1.82) is 0 Å². The molecule has 0 aliphatic carbocycles. The molecule has 2 N–H and O–H groups in total. The molecule has 0 bridgehead atoms. The number of hydrogen-bond acceptors (Lipinski definition) is 5. The Balaban J connectivity index is 1.92. The first kappa shape index (κ1) is 18.2. The minimum absolute atomic E-state index is 0.294. The van der Waals surface area contributed by atoms with E-state index in [1.807, 2.05) is 42.7 Å². The van der Waals surface area contributed by atoms with E-state index in [1.165, 1.54) is 0 Å². The molecule has 6 nitrogen and oxygen atoms in total. The van der Waals surface area contributed by atoms with Crippen molar-refractivity contribution in [3.8, 4) is 11.1 Å². The van der Waals surface area contributed by atoms with Crippen LogP contribution in [0.5, 0.6) is 0 Å². The lowest BCUT2D eigenvalue weighted by Crippen LogP contribution is -2.34. The summed E-state index contributed by atoms with van der Waals surface area (Å²) in [7, 11) is 0. The third kappa shape index (κ3) is 3.65. The Kier molecular flexibility index (Phi) is 5.73. The molecule has 1 aromatic heterocycles. The minimum Gasteiger partial charge on any atom is -0.466 e. The highest BCUT2D eigenvalue weighted by Crippen LogP contribution is 2.38. The molecule has 2 heterocycles. The van der Waals surface area contributed by atoms with E-state index in [9.17, 15) is 9.59 Å². The second-order valence-electron chi connectivity index (χ2n) is 6.23. The van der Waals surface area contributed by atoms with Gasteiger partial charge >= 0.3 is 11.9 Å². The number of carbonyl (C=O) groups excluding carboxylic acids is 2. The molecule has 0 radical (unpaired) electrons. The number of aromatic amines is 1. The molecule has 1 saturated heterocycles. The topological polar surface area (TPSA) is 80.4 Å². The first-order valence-electron chi connectivity index (χ1n) is 8.97. The number of nitrogens with one attached hydrogen (secondary N) is 2. The summed E-state index contributed by atoms with van der Waals surface area (Å²) in [5.41, 5.74) is 3.00. The van der Waals surface area contributed by atoms with Gasteiger partial charge in [0.1, 0.15) is 6.04 Å². The molecule has 1 fully saturated rings. The van der Waals surface area contributed by atoms with Crippen molar-refractivity contribution >= 4 is 11.9 Å². The third-order valence-corrected chi connectivity index (χ3v) is 4.63. The zero-order valence-electron chi connectivity index (χ0n) is 15.0. The molecule has 2 aromatic rings. The van der Waals surface area contributed by atoms with Crippen LogP contribution in [-0.2, 0) is 19.1 Å². The second kappa shape index (κ2) is 8.19. The van der Waals surface area contributed by atoms with E-state index in [-0.39, 0.29) is 18.0 Å². The lowest BCUT2D eigenvalue weighted by molar-refractivity contribution is -0.148. The summed E-state index contributed by atoms with van der Waals surface area (Å²) in [5, 5.41) is 3.28. The van der Waals surface area contributed by atoms with Gasteiger partial charge in [0.25, 0.3) is 0 Å². The van der Waals surface area contributed by atoms with E-state index in [0.717, 1.165) is 16.7 Å². The molecule has 3 rings (SSSR count). The monoisotopic (exact) mass is 356 g/mol. The van der Waals surface area contributed by atoms with Gasteiger partial charge in [0, 0.05) is 24.0 Å². The number of carbonyl (C=O) groups is 2. The number of rotatable bonds is 6. The fraction of sp³-hybridized carbons (Fsp3) is 0.400. The molecule has 6 heteroatoms. The second-order valence-corrected chi connectivity index (χ2v) is 6.23. The maximum atomic E-state index is 12.5. The van der Waals surface area contributed by atoms with Crippen LogP contribution in [0.25, 0.3) is 11.1 Å². The van der Waals surface area contributed by atoms with Crippen LogP contribution in [0.2, 0.25) is 0 Å². The van der Waals surface area contributed by atoms with E-state index >= 15 is 0 Å². The van der Waals surface area contributed by atoms with Crippen LogP contribution in [0.15, 0.2) is 42.7 Å². The van der Waals surface area contributed by atoms with Gasteiger partial charge in [-0.2, -0.15) is 0 Å². The number of ether oxygens (including phenoxy) is 2. The first-order valence-corrected chi connectivity index (χ1v) is 8.97. The largest absolute Gasteiger partial charge is 0.466 e. The van der Waals surface area contributed by atoms with Crippen LogP contribution < -0.4 is 5.32 Å². The molecule has 0 amide bonds. The van der Waals surface area contributed by atoms with Gasteiger partial charge in [-0.15, -0.1) is 0 Å². The summed E-state index contributed by atoms with van der Waals surface area (Å²) in [5.74, 6) is -1.07. The number of hydrogen-bond donors (Lipinski definition) is 2. The minimum atomic E-state index is -0.520. The molecule has 3 atom stereocenters. The van der Waals surface area contributed by atoms with Crippen molar-refractivity contribution in [1.82, 2.24) is 10.3 Å². The molecule has 1 aromatic carbocycles. The van der Waals surface area contributed by atoms with E-state index in [0.29, 0.717) is 19.6 Å². The first-order chi connectivity index (χ1) is 12.7. The standard InChI is InChI=1S/C20H24N2O4/c1-3-25-19(23)14-10-17(20(24)26-4-2)22-18(14)16-12-21-11-15(16)13-8-6-5-7-9-13/h5-9,11-12,14,17-18,21-22H,3-4,10H2,1-2H3/t14-,17-,18+/m1/s1. The van der Waals surface area contributed by atoms with Crippen LogP contribution in [0.3, 0.4) is 0 Å². The Bertz CT molecular complexity index is 756. The molecule has 0 spiro atoms. The highest BCUT2D eigenvalue weighted by atomic mass is 16.5. The van der Waals surface area contributed by atoms with Crippen LogP contribution in [-0.4, -0.2) is 36.2 Å². The summed E-state index contributed by atoms with van der Waals surface area (Å²) >= 11 is 0. The number of aromatic nitrogens is 1. The van der Waals surface area contributed by atoms with Crippen molar-refractivity contribution in [2.24, 2.45) is 5.92 Å². The fourth-order valence-corrected chi connectivity index (χ4v) is 3.49. The Morgan fingerprint density at radius 2 is 1.73 bits per heavy atom. The number of H-pyrrole nitrogens is 1. The number of esters is 2. The van der Waals surface area contributed by atoms with E-state index in [2.05, 4.69) is 10.3 Å². The van der Waals surface area contributed by atoms with Gasteiger partial charge in [-0.05, 0) is 31.4 Å². The van der Waals surface area contributed by atoms with Crippen molar-refractivity contribution in [2.45, 2.75) is 32.4 Å². The van der Waals surface area contributed by atoms with Crippen LogP contribution in [0.1, 0.15) is 31.9 Å². The fourth-order valence-electron chi connectivity index (χ4n) is 3.49. The maximum Gasteiger partial charge on any atom is 0.323 e. The average Bonchev–Trinajstić information content (AvgIpc) is 3.30. The Hall–Kier alpha value is -2.60. The van der Waals surface area contributed by atoms with Gasteiger partial charge in [0.15, 0.2) is 0 Å². The smallest absolute Gasteiger partial charge is 0.323 e. The number of benzene rings is 1. The SMILES string of the molecule is CCOC(=O)[C@H]1C[C@@H](C(=O)OCC)[C@@H](c2c[nH]cc2-c2ccccc2)N1. The van der Waals surface area contributed by atoms with E-state index < -0.39 is 12.0 Å². The average molecular weight is 356 g/mol. The summed E-state index contributed by atoms with van der Waals surface area (Å²) in [4.78, 5) is 27.8. The lowest BCUT2D eigenvalue weighted by atomic mass is 9.91. The van der Waals surface area contributed by atoms with Gasteiger partial charge in [0.05, 0.1) is 19.1 Å². The van der Waals surface area contributed by atoms with Gasteiger partial charge in [-0.1, -0.05) is 30.3 Å².